The number of rotatable bonds is 7. The Morgan fingerprint density at radius 3 is 1.88 bits per heavy atom. The van der Waals surface area contributed by atoms with Crippen LogP contribution in [0.3, 0.4) is 0 Å². The van der Waals surface area contributed by atoms with Crippen LogP contribution in [0, 0.1) is 6.92 Å². The number of hydrogen-bond donors (Lipinski definition) is 1. The van der Waals surface area contributed by atoms with Crippen LogP contribution in [0.15, 0.2) is 97.6 Å². The molecule has 0 bridgehead atoms. The predicted molar refractivity (Wildman–Crippen MR) is 112 cm³/mol. The van der Waals surface area contributed by atoms with E-state index >= 15 is 0 Å². The molecular formula is C23H24NOP. The Kier molecular flexibility index (Phi) is 5.88. The predicted octanol–water partition coefficient (Wildman–Crippen LogP) is 5.13. The Morgan fingerprint density at radius 2 is 1.38 bits per heavy atom. The largest absolute Gasteiger partial charge is 0.297 e. The lowest BCUT2D eigenvalue weighted by molar-refractivity contribution is 0.561. The minimum Gasteiger partial charge on any atom is -0.297 e. The average Bonchev–Trinajstić information content (AvgIpc) is 2.69. The quantitative estimate of drug-likeness (QED) is 0.467. The van der Waals surface area contributed by atoms with Gasteiger partial charge in [-0.15, -0.1) is 6.58 Å². The highest BCUT2D eigenvalue weighted by atomic mass is 31.2. The molecule has 0 spiro atoms. The first-order chi connectivity index (χ1) is 12.6. The SMILES string of the molecule is C=CCC(NP(=O)(c1ccccc1)c1ccccc1)c1ccccc1C. The zero-order valence-corrected chi connectivity index (χ0v) is 15.9. The number of benzene rings is 3. The minimum atomic E-state index is -2.99. The van der Waals surface area contributed by atoms with Crippen molar-refractivity contribution < 1.29 is 4.57 Å². The van der Waals surface area contributed by atoms with Crippen LogP contribution < -0.4 is 15.7 Å². The van der Waals surface area contributed by atoms with Gasteiger partial charge >= 0.3 is 0 Å². The maximum atomic E-state index is 14.2. The molecule has 2 nitrogen and oxygen atoms in total. The molecule has 0 aliphatic rings. The van der Waals surface area contributed by atoms with Crippen LogP contribution in [0.4, 0.5) is 0 Å². The van der Waals surface area contributed by atoms with Gasteiger partial charge in [-0.2, -0.15) is 0 Å². The van der Waals surface area contributed by atoms with E-state index in [2.05, 4.69) is 30.7 Å². The van der Waals surface area contributed by atoms with E-state index in [1.165, 1.54) is 5.56 Å². The molecular weight excluding hydrogens is 337 g/mol. The molecule has 0 saturated carbocycles. The normalized spacial score (nSPS) is 12.5. The van der Waals surface area contributed by atoms with Gasteiger partial charge in [-0.1, -0.05) is 66.7 Å². The highest BCUT2D eigenvalue weighted by molar-refractivity contribution is 7.76. The van der Waals surface area contributed by atoms with Crippen molar-refractivity contribution in [2.45, 2.75) is 19.4 Å². The Bertz CT molecular complexity index is 862. The van der Waals surface area contributed by atoms with E-state index in [0.29, 0.717) is 6.42 Å². The van der Waals surface area contributed by atoms with Gasteiger partial charge in [0.05, 0.1) is 0 Å². The van der Waals surface area contributed by atoms with Crippen LogP contribution in [0.5, 0.6) is 0 Å². The first-order valence-corrected chi connectivity index (χ1v) is 10.5. The minimum absolute atomic E-state index is 0.0695. The molecule has 3 aromatic rings. The third-order valence-corrected chi connectivity index (χ3v) is 7.27. The van der Waals surface area contributed by atoms with Gasteiger partial charge in [-0.05, 0) is 48.7 Å². The lowest BCUT2D eigenvalue weighted by Gasteiger charge is -2.27. The summed E-state index contributed by atoms with van der Waals surface area (Å²) in [5, 5.41) is 5.13. The lowest BCUT2D eigenvalue weighted by Crippen LogP contribution is -2.30. The second kappa shape index (κ2) is 8.31. The Labute approximate surface area is 156 Å². The molecule has 3 rings (SSSR count). The smallest absolute Gasteiger partial charge is 0.205 e. The van der Waals surface area contributed by atoms with Gasteiger partial charge in [-0.25, -0.2) is 0 Å². The fraction of sp³-hybridized carbons (Fsp3) is 0.130. The van der Waals surface area contributed by atoms with E-state index in [-0.39, 0.29) is 6.04 Å². The summed E-state index contributed by atoms with van der Waals surface area (Å²) in [7, 11) is -2.99. The first-order valence-electron chi connectivity index (χ1n) is 8.80. The lowest BCUT2D eigenvalue weighted by atomic mass is 10.00. The van der Waals surface area contributed by atoms with Gasteiger partial charge in [0.15, 0.2) is 0 Å². The van der Waals surface area contributed by atoms with Gasteiger partial charge < -0.3 is 0 Å². The summed E-state index contributed by atoms with van der Waals surface area (Å²) in [6.45, 7) is 5.99. The van der Waals surface area contributed by atoms with Crippen LogP contribution >= 0.6 is 7.29 Å². The van der Waals surface area contributed by atoms with Crippen molar-refractivity contribution in [3.8, 4) is 0 Å². The third kappa shape index (κ3) is 3.88. The van der Waals surface area contributed by atoms with Crippen molar-refractivity contribution in [1.82, 2.24) is 5.09 Å². The standard InChI is InChI=1S/C23H24NOP/c1-3-12-23(22-18-11-10-13-19(22)2)24-26(25,20-14-6-4-7-15-20)21-16-8-5-9-17-21/h3-11,13-18,23H,1,12H2,2H3,(H,24,25). The van der Waals surface area contributed by atoms with Crippen molar-refractivity contribution in [3.05, 3.63) is 109 Å². The van der Waals surface area contributed by atoms with Gasteiger partial charge in [0.25, 0.3) is 0 Å². The van der Waals surface area contributed by atoms with E-state index in [0.717, 1.165) is 16.2 Å². The molecule has 0 amide bonds. The molecule has 1 atom stereocenters. The molecule has 0 fully saturated rings. The fourth-order valence-corrected chi connectivity index (χ4v) is 5.65. The van der Waals surface area contributed by atoms with Crippen LogP contribution in [0.2, 0.25) is 0 Å². The molecule has 3 heteroatoms. The maximum absolute atomic E-state index is 14.2. The molecule has 0 saturated heterocycles. The van der Waals surface area contributed by atoms with E-state index in [1.54, 1.807) is 0 Å². The molecule has 26 heavy (non-hydrogen) atoms. The summed E-state index contributed by atoms with van der Waals surface area (Å²) in [4.78, 5) is 0. The summed E-state index contributed by atoms with van der Waals surface area (Å²) in [6.07, 6.45) is 2.58. The van der Waals surface area contributed by atoms with Crippen LogP contribution in [0.1, 0.15) is 23.6 Å². The number of aryl methyl sites for hydroxylation is 1. The van der Waals surface area contributed by atoms with Crippen molar-refractivity contribution in [2.24, 2.45) is 0 Å². The molecule has 0 heterocycles. The first kappa shape index (κ1) is 18.4. The Morgan fingerprint density at radius 1 is 0.885 bits per heavy atom. The monoisotopic (exact) mass is 361 g/mol. The van der Waals surface area contributed by atoms with Gasteiger partial charge in [0, 0.05) is 16.7 Å². The Hall–Kier alpha value is -2.41. The molecule has 0 aromatic heterocycles. The molecule has 0 radical (unpaired) electrons. The topological polar surface area (TPSA) is 29.1 Å². The fourth-order valence-electron chi connectivity index (χ4n) is 3.19. The van der Waals surface area contributed by atoms with Gasteiger partial charge in [0.2, 0.25) is 7.29 Å². The van der Waals surface area contributed by atoms with E-state index in [9.17, 15) is 4.57 Å². The molecule has 132 valence electrons. The van der Waals surface area contributed by atoms with Gasteiger partial charge in [0.1, 0.15) is 0 Å². The van der Waals surface area contributed by atoms with Gasteiger partial charge in [-0.3, -0.25) is 9.65 Å². The van der Waals surface area contributed by atoms with Crippen molar-refractivity contribution in [1.29, 1.82) is 0 Å². The number of hydrogen-bond acceptors (Lipinski definition) is 1. The van der Waals surface area contributed by atoms with E-state index in [4.69, 9.17) is 0 Å². The van der Waals surface area contributed by atoms with Crippen LogP contribution in [-0.4, -0.2) is 0 Å². The average molecular weight is 361 g/mol. The molecule has 0 aliphatic heterocycles. The van der Waals surface area contributed by atoms with Crippen LogP contribution in [0.25, 0.3) is 0 Å². The van der Waals surface area contributed by atoms with Crippen molar-refractivity contribution >= 4 is 17.9 Å². The number of nitrogens with one attached hydrogen (secondary N) is 1. The molecule has 1 N–H and O–H groups in total. The summed E-state index contributed by atoms with van der Waals surface area (Å²) in [6, 6.07) is 27.5. The molecule has 3 aromatic carbocycles. The Balaban J connectivity index is 2.09. The van der Waals surface area contributed by atoms with E-state index < -0.39 is 7.29 Å². The van der Waals surface area contributed by atoms with E-state index in [1.807, 2.05) is 78.9 Å². The summed E-state index contributed by atoms with van der Waals surface area (Å²) < 4.78 is 14.2. The molecule has 0 aliphatic carbocycles. The van der Waals surface area contributed by atoms with Crippen molar-refractivity contribution in [2.75, 3.05) is 0 Å². The van der Waals surface area contributed by atoms with Crippen molar-refractivity contribution in [3.63, 3.8) is 0 Å². The summed E-state index contributed by atoms with van der Waals surface area (Å²) in [5.41, 5.74) is 2.33. The molecule has 1 unspecified atom stereocenters. The summed E-state index contributed by atoms with van der Waals surface area (Å²) in [5.74, 6) is 0. The highest BCUT2D eigenvalue weighted by Gasteiger charge is 2.30. The zero-order valence-electron chi connectivity index (χ0n) is 15.0. The van der Waals surface area contributed by atoms with Crippen LogP contribution in [-0.2, 0) is 4.57 Å². The second-order valence-electron chi connectivity index (χ2n) is 6.34. The second-order valence-corrected chi connectivity index (χ2v) is 8.85. The summed E-state index contributed by atoms with van der Waals surface area (Å²) >= 11 is 0. The zero-order chi connectivity index (χ0) is 18.4. The maximum Gasteiger partial charge on any atom is 0.205 e. The third-order valence-electron chi connectivity index (χ3n) is 4.54. The highest BCUT2D eigenvalue weighted by Crippen LogP contribution is 2.42.